The number of halogens is 1. The Morgan fingerprint density at radius 3 is 2.82 bits per heavy atom. The van der Waals surface area contributed by atoms with Crippen molar-refractivity contribution in [1.29, 1.82) is 0 Å². The monoisotopic (exact) mass is 377 g/mol. The maximum Gasteiger partial charge on any atom is 0.159 e. The first-order chi connectivity index (χ1) is 13.7. The molecule has 0 saturated heterocycles. The molecule has 6 heteroatoms. The summed E-state index contributed by atoms with van der Waals surface area (Å²) >= 11 is 0. The maximum absolute atomic E-state index is 13.2. The van der Waals surface area contributed by atoms with Gasteiger partial charge in [0.25, 0.3) is 0 Å². The zero-order chi connectivity index (χ0) is 19.3. The molecule has 2 aromatic carbocycles. The quantitative estimate of drug-likeness (QED) is 0.616. The minimum Gasteiger partial charge on any atom is -0.489 e. The molecule has 0 unspecified atom stereocenters. The third kappa shape index (κ3) is 4.23. The fourth-order valence-electron chi connectivity index (χ4n) is 3.27. The zero-order valence-corrected chi connectivity index (χ0v) is 15.3. The normalized spacial score (nSPS) is 13.8. The lowest BCUT2D eigenvalue weighted by atomic mass is 10.1. The third-order valence-corrected chi connectivity index (χ3v) is 4.75. The molecule has 0 radical (unpaired) electrons. The molecule has 0 fully saturated rings. The molecular formula is C22H20FN3O2. The van der Waals surface area contributed by atoms with Crippen molar-refractivity contribution in [3.05, 3.63) is 77.4 Å². The summed E-state index contributed by atoms with van der Waals surface area (Å²) in [6.45, 7) is 2.29. The first-order valence-corrected chi connectivity index (χ1v) is 9.20. The van der Waals surface area contributed by atoms with Gasteiger partial charge in [-0.3, -0.25) is 4.90 Å². The Balaban J connectivity index is 1.43. The van der Waals surface area contributed by atoms with Gasteiger partial charge in [-0.25, -0.2) is 14.4 Å². The van der Waals surface area contributed by atoms with E-state index in [0.29, 0.717) is 31.3 Å². The number of fused-ring (bicyclic) bond motifs is 1. The van der Waals surface area contributed by atoms with Crippen molar-refractivity contribution in [3.8, 4) is 17.1 Å². The molecule has 0 N–H and O–H groups in total. The average Bonchev–Trinajstić information content (AvgIpc) is 2.73. The van der Waals surface area contributed by atoms with Crippen LogP contribution in [0.5, 0.6) is 5.75 Å². The Morgan fingerprint density at radius 1 is 1.18 bits per heavy atom. The predicted molar refractivity (Wildman–Crippen MR) is 103 cm³/mol. The Kier molecular flexibility index (Phi) is 5.39. The van der Waals surface area contributed by atoms with Gasteiger partial charge in [0.1, 0.15) is 24.5 Å². The molecule has 5 nitrogen and oxygen atoms in total. The van der Waals surface area contributed by atoms with Gasteiger partial charge in [0.05, 0.1) is 12.2 Å². The minimum absolute atomic E-state index is 0.268. The van der Waals surface area contributed by atoms with Crippen molar-refractivity contribution in [2.24, 2.45) is 0 Å². The molecule has 0 spiro atoms. The van der Waals surface area contributed by atoms with E-state index in [1.165, 1.54) is 12.1 Å². The first-order valence-electron chi connectivity index (χ1n) is 9.20. The van der Waals surface area contributed by atoms with Gasteiger partial charge in [-0.1, -0.05) is 12.1 Å². The predicted octanol–water partition coefficient (Wildman–Crippen LogP) is 3.42. The Morgan fingerprint density at radius 2 is 2.04 bits per heavy atom. The molecule has 1 aliphatic heterocycles. The van der Waals surface area contributed by atoms with E-state index in [1.807, 2.05) is 36.5 Å². The smallest absolute Gasteiger partial charge is 0.159 e. The number of carbonyl (C=O) groups excluding carboxylic acids is 1. The molecule has 4 rings (SSSR count). The van der Waals surface area contributed by atoms with Crippen LogP contribution in [0.1, 0.15) is 16.8 Å². The molecule has 28 heavy (non-hydrogen) atoms. The van der Waals surface area contributed by atoms with Crippen LogP contribution in [0.3, 0.4) is 0 Å². The van der Waals surface area contributed by atoms with Crippen LogP contribution in [0.4, 0.5) is 4.39 Å². The number of hydrogen-bond acceptors (Lipinski definition) is 5. The lowest BCUT2D eigenvalue weighted by Crippen LogP contribution is -2.32. The van der Waals surface area contributed by atoms with Crippen LogP contribution in [0.25, 0.3) is 11.4 Å². The minimum atomic E-state index is -0.268. The molecule has 142 valence electrons. The van der Waals surface area contributed by atoms with Crippen molar-refractivity contribution in [2.75, 3.05) is 13.1 Å². The van der Waals surface area contributed by atoms with E-state index in [-0.39, 0.29) is 5.82 Å². The summed E-state index contributed by atoms with van der Waals surface area (Å²) in [5.74, 6) is 1.12. The first kappa shape index (κ1) is 18.3. The van der Waals surface area contributed by atoms with Crippen molar-refractivity contribution >= 4 is 6.29 Å². The van der Waals surface area contributed by atoms with Gasteiger partial charge in [-0.2, -0.15) is 0 Å². The van der Waals surface area contributed by atoms with Gasteiger partial charge >= 0.3 is 0 Å². The molecule has 0 atom stereocenters. The largest absolute Gasteiger partial charge is 0.489 e. The zero-order valence-electron chi connectivity index (χ0n) is 15.3. The van der Waals surface area contributed by atoms with E-state index in [0.717, 1.165) is 41.6 Å². The summed E-state index contributed by atoms with van der Waals surface area (Å²) in [6.07, 6.45) is 3.59. The molecule has 2 heterocycles. The van der Waals surface area contributed by atoms with Crippen LogP contribution >= 0.6 is 0 Å². The standard InChI is InChI=1S/C22H20FN3O2/c23-19-3-1-2-16(12-19)15-28-20-6-4-17(5-7-20)22-24-13-18-14-26(10-11-27)9-8-21(18)25-22/h1-7,11-13H,8-10,14-15H2. The van der Waals surface area contributed by atoms with Crippen molar-refractivity contribution in [2.45, 2.75) is 19.6 Å². The molecular weight excluding hydrogens is 357 g/mol. The number of benzene rings is 2. The fourth-order valence-corrected chi connectivity index (χ4v) is 3.27. The van der Waals surface area contributed by atoms with Gasteiger partial charge < -0.3 is 9.53 Å². The Bertz CT molecular complexity index is 976. The highest BCUT2D eigenvalue weighted by molar-refractivity contribution is 5.57. The number of nitrogens with zero attached hydrogens (tertiary/aromatic N) is 3. The van der Waals surface area contributed by atoms with Crippen LogP contribution in [-0.2, 0) is 24.4 Å². The van der Waals surface area contributed by atoms with Crippen molar-refractivity contribution in [3.63, 3.8) is 0 Å². The van der Waals surface area contributed by atoms with E-state index < -0.39 is 0 Å². The summed E-state index contributed by atoms with van der Waals surface area (Å²) in [7, 11) is 0. The molecule has 0 saturated carbocycles. The highest BCUT2D eigenvalue weighted by atomic mass is 19.1. The summed E-state index contributed by atoms with van der Waals surface area (Å²) in [5, 5.41) is 0. The second kappa shape index (κ2) is 8.27. The van der Waals surface area contributed by atoms with Gasteiger partial charge in [-0.05, 0) is 42.0 Å². The molecule has 0 bridgehead atoms. The van der Waals surface area contributed by atoms with Crippen LogP contribution in [0, 0.1) is 5.82 Å². The topological polar surface area (TPSA) is 55.3 Å². The molecule has 0 amide bonds. The SMILES string of the molecule is O=CCN1CCc2nc(-c3ccc(OCc4cccc(F)c4)cc3)ncc2C1. The van der Waals surface area contributed by atoms with Crippen LogP contribution in [0.15, 0.2) is 54.7 Å². The number of aromatic nitrogens is 2. The van der Waals surface area contributed by atoms with E-state index in [2.05, 4.69) is 9.88 Å². The van der Waals surface area contributed by atoms with E-state index >= 15 is 0 Å². The number of ether oxygens (including phenoxy) is 1. The summed E-state index contributed by atoms with van der Waals surface area (Å²) < 4.78 is 18.9. The second-order valence-corrected chi connectivity index (χ2v) is 6.76. The maximum atomic E-state index is 13.2. The number of hydrogen-bond donors (Lipinski definition) is 0. The highest BCUT2D eigenvalue weighted by Gasteiger charge is 2.18. The number of rotatable bonds is 6. The lowest BCUT2D eigenvalue weighted by Gasteiger charge is -2.26. The third-order valence-electron chi connectivity index (χ3n) is 4.75. The van der Waals surface area contributed by atoms with Crippen LogP contribution in [-0.4, -0.2) is 34.2 Å². The fraction of sp³-hybridized carbons (Fsp3) is 0.227. The lowest BCUT2D eigenvalue weighted by molar-refractivity contribution is -0.109. The number of aldehydes is 1. The van der Waals surface area contributed by atoms with Crippen LogP contribution < -0.4 is 4.74 Å². The summed E-state index contributed by atoms with van der Waals surface area (Å²) in [5.41, 5.74) is 3.81. The highest BCUT2D eigenvalue weighted by Crippen LogP contribution is 2.23. The van der Waals surface area contributed by atoms with Crippen molar-refractivity contribution < 1.29 is 13.9 Å². The number of carbonyl (C=O) groups is 1. The van der Waals surface area contributed by atoms with Gasteiger partial charge in [0, 0.05) is 36.8 Å². The summed E-state index contributed by atoms with van der Waals surface area (Å²) in [6, 6.07) is 13.9. The van der Waals surface area contributed by atoms with E-state index in [4.69, 9.17) is 9.72 Å². The Hall–Kier alpha value is -3.12. The second-order valence-electron chi connectivity index (χ2n) is 6.76. The molecule has 3 aromatic rings. The van der Waals surface area contributed by atoms with Gasteiger partial charge in [-0.15, -0.1) is 0 Å². The van der Waals surface area contributed by atoms with E-state index in [1.54, 1.807) is 6.07 Å². The van der Waals surface area contributed by atoms with Crippen molar-refractivity contribution in [1.82, 2.24) is 14.9 Å². The Labute approximate surface area is 162 Å². The van der Waals surface area contributed by atoms with Gasteiger partial charge in [0.15, 0.2) is 5.82 Å². The summed E-state index contributed by atoms with van der Waals surface area (Å²) in [4.78, 5) is 22.0. The molecule has 1 aliphatic rings. The van der Waals surface area contributed by atoms with Crippen LogP contribution in [0.2, 0.25) is 0 Å². The van der Waals surface area contributed by atoms with Gasteiger partial charge in [0.2, 0.25) is 0 Å². The van der Waals surface area contributed by atoms with E-state index in [9.17, 15) is 9.18 Å². The molecule has 1 aromatic heterocycles. The average molecular weight is 377 g/mol. The molecule has 0 aliphatic carbocycles.